The fourth-order valence-electron chi connectivity index (χ4n) is 1.73. The number of rotatable bonds is 2. The van der Waals surface area contributed by atoms with E-state index in [0.29, 0.717) is 0 Å². The van der Waals surface area contributed by atoms with Crippen LogP contribution in [0, 0.1) is 5.82 Å². The smallest absolute Gasteiger partial charge is 0.123 e. The molecule has 0 aromatic heterocycles. The molecule has 2 heteroatoms. The predicted octanol–water partition coefficient (Wildman–Crippen LogP) is 3.56. The average Bonchev–Trinajstić information content (AvgIpc) is 2.30. The first-order valence-corrected chi connectivity index (χ1v) is 5.28. The Hall–Kier alpha value is -1.83. The summed E-state index contributed by atoms with van der Waals surface area (Å²) in [6, 6.07) is 14.4. The Morgan fingerprint density at radius 3 is 1.81 bits per heavy atom. The summed E-state index contributed by atoms with van der Waals surface area (Å²) in [5.41, 5.74) is 8.68. The maximum Gasteiger partial charge on any atom is 0.123 e. The monoisotopic (exact) mass is 215 g/mol. The molecule has 0 amide bonds. The van der Waals surface area contributed by atoms with Crippen LogP contribution in [0.5, 0.6) is 0 Å². The van der Waals surface area contributed by atoms with Crippen LogP contribution in [0.4, 0.5) is 10.1 Å². The van der Waals surface area contributed by atoms with Crippen molar-refractivity contribution in [1.29, 1.82) is 0 Å². The largest absolute Gasteiger partial charge is 0.399 e. The van der Waals surface area contributed by atoms with E-state index in [9.17, 15) is 4.39 Å². The number of nitrogen functional groups attached to an aromatic ring is 1. The normalized spacial score (nSPS) is 12.4. The lowest BCUT2D eigenvalue weighted by Crippen LogP contribution is -1.96. The van der Waals surface area contributed by atoms with Gasteiger partial charge in [-0.1, -0.05) is 31.2 Å². The van der Waals surface area contributed by atoms with Crippen LogP contribution in [0.2, 0.25) is 0 Å². The molecule has 0 aliphatic heterocycles. The molecule has 0 saturated carbocycles. The van der Waals surface area contributed by atoms with Crippen LogP contribution in [0.1, 0.15) is 24.0 Å². The Labute approximate surface area is 94.7 Å². The van der Waals surface area contributed by atoms with Crippen LogP contribution in [0.15, 0.2) is 48.5 Å². The van der Waals surface area contributed by atoms with E-state index in [1.807, 2.05) is 36.4 Å². The summed E-state index contributed by atoms with van der Waals surface area (Å²) in [6.45, 7) is 2.10. The summed E-state index contributed by atoms with van der Waals surface area (Å²) in [7, 11) is 0. The average molecular weight is 215 g/mol. The van der Waals surface area contributed by atoms with E-state index in [1.165, 1.54) is 17.7 Å². The summed E-state index contributed by atoms with van der Waals surface area (Å²) >= 11 is 0. The molecule has 0 aliphatic carbocycles. The lowest BCUT2D eigenvalue weighted by atomic mass is 9.93. The highest BCUT2D eigenvalue weighted by atomic mass is 19.1. The minimum absolute atomic E-state index is 0.201. The summed E-state index contributed by atoms with van der Waals surface area (Å²) in [6.07, 6.45) is 0. The van der Waals surface area contributed by atoms with Gasteiger partial charge < -0.3 is 5.73 Å². The van der Waals surface area contributed by atoms with E-state index in [4.69, 9.17) is 5.73 Å². The molecular weight excluding hydrogens is 201 g/mol. The van der Waals surface area contributed by atoms with Gasteiger partial charge in [0.15, 0.2) is 0 Å². The molecule has 1 atom stereocenters. The third kappa shape index (κ3) is 2.22. The maximum atomic E-state index is 12.8. The summed E-state index contributed by atoms with van der Waals surface area (Å²) in [5, 5.41) is 0. The second kappa shape index (κ2) is 4.35. The Morgan fingerprint density at radius 1 is 0.875 bits per heavy atom. The lowest BCUT2D eigenvalue weighted by molar-refractivity contribution is 0.626. The first-order chi connectivity index (χ1) is 7.66. The van der Waals surface area contributed by atoms with Crippen LogP contribution in [-0.2, 0) is 0 Å². The van der Waals surface area contributed by atoms with E-state index in [-0.39, 0.29) is 11.7 Å². The number of nitrogens with two attached hydrogens (primary N) is 1. The Kier molecular flexibility index (Phi) is 2.91. The molecular formula is C14H14FN. The number of anilines is 1. The summed E-state index contributed by atoms with van der Waals surface area (Å²) in [5.74, 6) is 0.0504. The van der Waals surface area contributed by atoms with Crippen LogP contribution in [-0.4, -0.2) is 0 Å². The Bertz CT molecular complexity index is 414. The number of benzene rings is 2. The maximum absolute atomic E-state index is 12.8. The molecule has 0 aliphatic rings. The molecule has 82 valence electrons. The van der Waals surface area contributed by atoms with Crippen molar-refractivity contribution in [3.8, 4) is 0 Å². The molecule has 2 aromatic rings. The highest BCUT2D eigenvalue weighted by molar-refractivity contribution is 5.42. The Morgan fingerprint density at radius 2 is 1.31 bits per heavy atom. The van der Waals surface area contributed by atoms with Gasteiger partial charge in [0.25, 0.3) is 0 Å². The van der Waals surface area contributed by atoms with E-state index >= 15 is 0 Å². The van der Waals surface area contributed by atoms with Gasteiger partial charge in [-0.05, 0) is 35.4 Å². The lowest BCUT2D eigenvalue weighted by Gasteiger charge is -2.12. The van der Waals surface area contributed by atoms with Crippen LogP contribution >= 0.6 is 0 Å². The molecule has 16 heavy (non-hydrogen) atoms. The molecule has 0 saturated heterocycles. The van der Waals surface area contributed by atoms with Gasteiger partial charge in [-0.15, -0.1) is 0 Å². The van der Waals surface area contributed by atoms with Gasteiger partial charge in [-0.25, -0.2) is 4.39 Å². The van der Waals surface area contributed by atoms with E-state index in [0.717, 1.165) is 11.3 Å². The zero-order chi connectivity index (χ0) is 11.5. The van der Waals surface area contributed by atoms with Crippen LogP contribution < -0.4 is 5.73 Å². The van der Waals surface area contributed by atoms with Gasteiger partial charge in [0, 0.05) is 11.6 Å². The molecule has 1 nitrogen and oxygen atoms in total. The molecule has 0 fully saturated rings. The zero-order valence-corrected chi connectivity index (χ0v) is 9.15. The van der Waals surface area contributed by atoms with E-state index in [2.05, 4.69) is 6.92 Å². The highest BCUT2D eigenvalue weighted by Gasteiger charge is 2.07. The summed E-state index contributed by atoms with van der Waals surface area (Å²) < 4.78 is 12.8. The van der Waals surface area contributed by atoms with Gasteiger partial charge in [0.1, 0.15) is 5.82 Å². The molecule has 0 bridgehead atoms. The molecule has 2 aromatic carbocycles. The van der Waals surface area contributed by atoms with Gasteiger partial charge in [0.2, 0.25) is 0 Å². The quantitative estimate of drug-likeness (QED) is 0.761. The minimum atomic E-state index is -0.201. The molecule has 1 unspecified atom stereocenters. The molecule has 0 heterocycles. The SMILES string of the molecule is CC(c1ccc(N)cc1)c1ccc(F)cc1. The first-order valence-electron chi connectivity index (χ1n) is 5.28. The molecule has 0 spiro atoms. The fourth-order valence-corrected chi connectivity index (χ4v) is 1.73. The molecule has 0 radical (unpaired) electrons. The second-order valence-corrected chi connectivity index (χ2v) is 3.94. The van der Waals surface area contributed by atoms with E-state index < -0.39 is 0 Å². The van der Waals surface area contributed by atoms with Crippen molar-refractivity contribution >= 4 is 5.69 Å². The van der Waals surface area contributed by atoms with Crippen molar-refractivity contribution in [2.45, 2.75) is 12.8 Å². The standard InChI is InChI=1S/C14H14FN/c1-10(11-2-6-13(15)7-3-11)12-4-8-14(16)9-5-12/h2-10H,16H2,1H3. The van der Waals surface area contributed by atoms with Crippen molar-refractivity contribution in [1.82, 2.24) is 0 Å². The number of halogens is 1. The highest BCUT2D eigenvalue weighted by Crippen LogP contribution is 2.24. The molecule has 2 rings (SSSR count). The zero-order valence-electron chi connectivity index (χ0n) is 9.15. The van der Waals surface area contributed by atoms with Gasteiger partial charge in [0.05, 0.1) is 0 Å². The minimum Gasteiger partial charge on any atom is -0.399 e. The van der Waals surface area contributed by atoms with Gasteiger partial charge >= 0.3 is 0 Å². The third-order valence-corrected chi connectivity index (χ3v) is 2.81. The topological polar surface area (TPSA) is 26.0 Å². The Balaban J connectivity index is 2.28. The predicted molar refractivity (Wildman–Crippen MR) is 64.8 cm³/mol. The van der Waals surface area contributed by atoms with Gasteiger partial charge in [-0.2, -0.15) is 0 Å². The molecule has 2 N–H and O–H groups in total. The van der Waals surface area contributed by atoms with Crippen LogP contribution in [0.3, 0.4) is 0 Å². The van der Waals surface area contributed by atoms with Crippen molar-refractivity contribution in [3.63, 3.8) is 0 Å². The van der Waals surface area contributed by atoms with Crippen molar-refractivity contribution in [2.75, 3.05) is 5.73 Å². The van der Waals surface area contributed by atoms with Crippen molar-refractivity contribution in [3.05, 3.63) is 65.5 Å². The number of hydrogen-bond donors (Lipinski definition) is 1. The van der Waals surface area contributed by atoms with Crippen LogP contribution in [0.25, 0.3) is 0 Å². The third-order valence-electron chi connectivity index (χ3n) is 2.81. The van der Waals surface area contributed by atoms with Gasteiger partial charge in [-0.3, -0.25) is 0 Å². The number of hydrogen-bond acceptors (Lipinski definition) is 1. The summed E-state index contributed by atoms with van der Waals surface area (Å²) in [4.78, 5) is 0. The second-order valence-electron chi connectivity index (χ2n) is 3.94. The van der Waals surface area contributed by atoms with Crippen molar-refractivity contribution in [2.24, 2.45) is 0 Å². The first kappa shape index (κ1) is 10.7. The van der Waals surface area contributed by atoms with Crippen molar-refractivity contribution < 1.29 is 4.39 Å². The van der Waals surface area contributed by atoms with E-state index in [1.54, 1.807) is 0 Å². The fraction of sp³-hybridized carbons (Fsp3) is 0.143.